The van der Waals surface area contributed by atoms with Gasteiger partial charge >= 0.3 is 0 Å². The van der Waals surface area contributed by atoms with E-state index in [1.165, 1.54) is 11.3 Å². The van der Waals surface area contributed by atoms with Gasteiger partial charge in [-0.2, -0.15) is 0 Å². The molecule has 7 nitrogen and oxygen atoms in total. The lowest BCUT2D eigenvalue weighted by Gasteiger charge is -2.12. The monoisotopic (exact) mass is 446 g/mol. The molecule has 0 bridgehead atoms. The van der Waals surface area contributed by atoms with Crippen molar-refractivity contribution in [2.24, 2.45) is 0 Å². The second-order valence-corrected chi connectivity index (χ2v) is 10.6. The fourth-order valence-electron chi connectivity index (χ4n) is 2.92. The Bertz CT molecular complexity index is 1190. The predicted molar refractivity (Wildman–Crippen MR) is 119 cm³/mol. The summed E-state index contributed by atoms with van der Waals surface area (Å²) >= 11 is 1.32. The van der Waals surface area contributed by atoms with Gasteiger partial charge in [0.05, 0.1) is 40.4 Å². The number of benzene rings is 2. The zero-order chi connectivity index (χ0) is 21.9. The van der Waals surface area contributed by atoms with E-state index < -0.39 is 9.52 Å². The van der Waals surface area contributed by atoms with Gasteiger partial charge < -0.3 is 14.8 Å². The molecule has 1 aromatic heterocycles. The summed E-state index contributed by atoms with van der Waals surface area (Å²) < 4.78 is 24.3. The van der Waals surface area contributed by atoms with Gasteiger partial charge in [-0.3, -0.25) is 9.00 Å². The van der Waals surface area contributed by atoms with E-state index in [4.69, 9.17) is 9.47 Å². The van der Waals surface area contributed by atoms with Crippen molar-refractivity contribution in [3.05, 3.63) is 42.0 Å². The van der Waals surface area contributed by atoms with E-state index in [0.717, 1.165) is 4.70 Å². The van der Waals surface area contributed by atoms with Crippen LogP contribution in [-0.4, -0.2) is 39.8 Å². The average Bonchev–Trinajstić information content (AvgIpc) is 3.12. The molecule has 158 valence electrons. The maximum atomic E-state index is 12.8. The minimum absolute atomic E-state index is 0.0584. The lowest BCUT2D eigenvalue weighted by Crippen LogP contribution is -2.17. The Labute approximate surface area is 179 Å². The van der Waals surface area contributed by atoms with Crippen LogP contribution in [0.15, 0.2) is 41.3 Å². The molecular formula is C21H22N2O5S2. The molecule has 0 aliphatic carbocycles. The van der Waals surface area contributed by atoms with Gasteiger partial charge in [0.1, 0.15) is 0 Å². The summed E-state index contributed by atoms with van der Waals surface area (Å²) in [6.45, 7) is 3.42. The highest BCUT2D eigenvalue weighted by Gasteiger charge is 2.18. The SMILES string of the molecule is COc1cc2nc(NC(=O)Cc3cccc(S(=O)(=C=O)C(C)C)c3)sc2cc1OC. The maximum Gasteiger partial charge on any atom is 0.230 e. The van der Waals surface area contributed by atoms with Crippen molar-refractivity contribution >= 4 is 47.3 Å². The molecule has 0 saturated carbocycles. The van der Waals surface area contributed by atoms with Crippen LogP contribution in [0.1, 0.15) is 19.4 Å². The van der Waals surface area contributed by atoms with Crippen LogP contribution in [0.3, 0.4) is 0 Å². The third-order valence-corrected chi connectivity index (χ3v) is 8.00. The fraction of sp³-hybridized carbons (Fsp3) is 0.286. The molecule has 1 heterocycles. The van der Waals surface area contributed by atoms with Gasteiger partial charge in [-0.05, 0) is 17.7 Å². The third-order valence-electron chi connectivity index (χ3n) is 4.54. The minimum Gasteiger partial charge on any atom is -0.493 e. The summed E-state index contributed by atoms with van der Waals surface area (Å²) in [6.07, 6.45) is 0.0584. The van der Waals surface area contributed by atoms with Gasteiger partial charge in [0, 0.05) is 22.3 Å². The Morgan fingerprint density at radius 1 is 1.20 bits per heavy atom. The van der Waals surface area contributed by atoms with Crippen LogP contribution in [0.25, 0.3) is 10.2 Å². The second kappa shape index (κ2) is 8.87. The van der Waals surface area contributed by atoms with Crippen molar-refractivity contribution in [2.75, 3.05) is 19.5 Å². The highest BCUT2D eigenvalue weighted by molar-refractivity contribution is 8.01. The van der Waals surface area contributed by atoms with E-state index in [2.05, 4.69) is 10.3 Å². The van der Waals surface area contributed by atoms with Crippen molar-refractivity contribution in [1.82, 2.24) is 4.98 Å². The first-order valence-electron chi connectivity index (χ1n) is 9.14. The zero-order valence-electron chi connectivity index (χ0n) is 17.1. The Kier molecular flexibility index (Phi) is 6.45. The molecule has 3 aromatic rings. The van der Waals surface area contributed by atoms with Crippen LogP contribution in [0, 0.1) is 0 Å². The van der Waals surface area contributed by atoms with Gasteiger partial charge in [0.2, 0.25) is 5.91 Å². The molecule has 9 heteroatoms. The van der Waals surface area contributed by atoms with Crippen LogP contribution >= 0.6 is 11.3 Å². The number of fused-ring (bicyclic) bond motifs is 1. The number of hydrogen-bond donors (Lipinski definition) is 1. The van der Waals surface area contributed by atoms with Crippen LogP contribution in [0.5, 0.6) is 11.5 Å². The van der Waals surface area contributed by atoms with Crippen molar-refractivity contribution in [1.29, 1.82) is 0 Å². The summed E-state index contributed by atoms with van der Waals surface area (Å²) in [5.41, 5.74) is 1.34. The molecule has 30 heavy (non-hydrogen) atoms. The van der Waals surface area contributed by atoms with Crippen molar-refractivity contribution in [3.63, 3.8) is 0 Å². The van der Waals surface area contributed by atoms with Gasteiger partial charge in [-0.1, -0.05) is 37.3 Å². The molecular weight excluding hydrogens is 424 g/mol. The standard InChI is InChI=1S/C21H22N2O5S2/c1-13(2)30(26,12-24)15-7-5-6-14(8-15)9-20(25)23-21-22-16-10-17(27-3)18(28-4)11-19(16)29-21/h5-8,10-11,13H,9H2,1-4H3,(H,22,23,25). The average molecular weight is 447 g/mol. The van der Waals surface area contributed by atoms with Crippen LogP contribution in [0.2, 0.25) is 0 Å². The van der Waals surface area contributed by atoms with Crippen molar-refractivity contribution in [2.45, 2.75) is 30.4 Å². The fourth-order valence-corrected chi connectivity index (χ4v) is 5.25. The van der Waals surface area contributed by atoms with E-state index in [1.807, 2.05) is 6.07 Å². The number of amides is 1. The largest absolute Gasteiger partial charge is 0.493 e. The topological polar surface area (TPSA) is 94.6 Å². The molecule has 0 saturated heterocycles. The number of methoxy groups -OCH3 is 2. The normalized spacial score (nSPS) is 13.0. The smallest absolute Gasteiger partial charge is 0.230 e. The Morgan fingerprint density at radius 2 is 1.90 bits per heavy atom. The lowest BCUT2D eigenvalue weighted by atomic mass is 10.1. The summed E-state index contributed by atoms with van der Waals surface area (Å²) in [7, 11) is 0.164. The molecule has 0 radical (unpaired) electrons. The van der Waals surface area contributed by atoms with E-state index in [0.29, 0.717) is 32.6 Å². The number of nitrogens with zero attached hydrogens (tertiary/aromatic N) is 1. The number of carbonyl (C=O) groups is 1. The van der Waals surface area contributed by atoms with Crippen LogP contribution in [-0.2, 0) is 25.5 Å². The lowest BCUT2D eigenvalue weighted by molar-refractivity contribution is -0.115. The summed E-state index contributed by atoms with van der Waals surface area (Å²) in [6, 6.07) is 10.3. The Balaban J connectivity index is 1.80. The van der Waals surface area contributed by atoms with Crippen LogP contribution in [0.4, 0.5) is 5.13 Å². The Morgan fingerprint density at radius 3 is 2.53 bits per heavy atom. The number of rotatable bonds is 7. The number of hydrogen-bond acceptors (Lipinski definition) is 7. The molecule has 1 unspecified atom stereocenters. The van der Waals surface area contributed by atoms with E-state index in [9.17, 15) is 13.8 Å². The second-order valence-electron chi connectivity index (χ2n) is 6.80. The van der Waals surface area contributed by atoms with Crippen molar-refractivity contribution in [3.8, 4) is 11.5 Å². The first kappa shape index (κ1) is 21.8. The van der Waals surface area contributed by atoms with Gasteiger partial charge in [0.15, 0.2) is 21.9 Å². The summed E-state index contributed by atoms with van der Waals surface area (Å²) in [4.78, 5) is 28.7. The van der Waals surface area contributed by atoms with Gasteiger partial charge in [-0.15, -0.1) is 0 Å². The molecule has 0 fully saturated rings. The molecule has 2 aromatic carbocycles. The van der Waals surface area contributed by atoms with E-state index in [-0.39, 0.29) is 17.6 Å². The number of aromatic nitrogens is 1. The predicted octanol–water partition coefficient (Wildman–Crippen LogP) is 3.61. The molecule has 1 amide bonds. The minimum atomic E-state index is -2.94. The highest BCUT2D eigenvalue weighted by atomic mass is 32.2. The molecule has 1 N–H and O–H groups in total. The summed E-state index contributed by atoms with van der Waals surface area (Å²) in [5, 5.41) is 4.56. The van der Waals surface area contributed by atoms with Crippen LogP contribution < -0.4 is 14.8 Å². The van der Waals surface area contributed by atoms with Gasteiger partial charge in [-0.25, -0.2) is 9.78 Å². The van der Waals surface area contributed by atoms with E-state index in [1.54, 1.807) is 63.6 Å². The third kappa shape index (κ3) is 4.33. The zero-order valence-corrected chi connectivity index (χ0v) is 18.7. The first-order chi connectivity index (χ1) is 14.3. The van der Waals surface area contributed by atoms with E-state index >= 15 is 0 Å². The first-order valence-corrected chi connectivity index (χ1v) is 11.6. The maximum absolute atomic E-state index is 12.8. The number of anilines is 1. The quantitative estimate of drug-likeness (QED) is 0.557. The molecule has 3 rings (SSSR count). The number of nitrogens with one attached hydrogen (secondary N) is 1. The molecule has 0 aliphatic heterocycles. The van der Waals surface area contributed by atoms with Crippen molar-refractivity contribution < 1.29 is 23.3 Å². The molecule has 0 spiro atoms. The molecule has 1 atom stereocenters. The Hall–Kier alpha value is -2.87. The summed E-state index contributed by atoms with van der Waals surface area (Å²) in [5.74, 6) is 0.881. The number of carbonyl (C=O) groups excluding carboxylic acids is 2. The number of thiazole rings is 1. The van der Waals surface area contributed by atoms with Gasteiger partial charge in [0.25, 0.3) is 0 Å². The highest BCUT2D eigenvalue weighted by Crippen LogP contribution is 2.36. The number of ether oxygens (including phenoxy) is 2. The molecule has 0 aliphatic rings.